The Morgan fingerprint density at radius 1 is 1.17 bits per heavy atom. The highest BCUT2D eigenvalue weighted by Crippen LogP contribution is 2.26. The van der Waals surface area contributed by atoms with Crippen molar-refractivity contribution in [3.63, 3.8) is 0 Å². The lowest BCUT2D eigenvalue weighted by atomic mass is 10.2. The maximum Gasteiger partial charge on any atom is 0.237 e. The largest absolute Gasteiger partial charge is 0.338 e. The summed E-state index contributed by atoms with van der Waals surface area (Å²) in [7, 11) is 0. The minimum atomic E-state index is 0.588. The minimum Gasteiger partial charge on any atom is -0.338 e. The second kappa shape index (κ2) is 7.36. The van der Waals surface area contributed by atoms with Gasteiger partial charge >= 0.3 is 0 Å². The van der Waals surface area contributed by atoms with Gasteiger partial charge in [0.1, 0.15) is 0 Å². The fourth-order valence-corrected chi connectivity index (χ4v) is 2.96. The number of hydrogen-bond donors (Lipinski definition) is 0. The maximum atomic E-state index is 5.22. The highest BCUT2D eigenvalue weighted by Gasteiger charge is 2.15. The molecule has 0 unspecified atom stereocenters. The van der Waals surface area contributed by atoms with Crippen molar-refractivity contribution in [2.45, 2.75) is 44.1 Å². The smallest absolute Gasteiger partial charge is 0.237 e. The average molecular weight is 330 g/mol. The maximum absolute atomic E-state index is 5.22. The first-order chi connectivity index (χ1) is 11.3. The number of pyridine rings is 1. The van der Waals surface area contributed by atoms with Gasteiger partial charge in [-0.25, -0.2) is 0 Å². The summed E-state index contributed by atoms with van der Waals surface area (Å²) in [5.74, 6) is 2.79. The number of aromatic nitrogens is 6. The third-order valence-electron chi connectivity index (χ3n) is 3.25. The van der Waals surface area contributed by atoms with E-state index in [-0.39, 0.29) is 0 Å². The third-order valence-corrected chi connectivity index (χ3v) is 4.21. The SMILES string of the molecule is CCCn1c(SCc2nc(CC)no2)nnc1-c1ccncc1. The summed E-state index contributed by atoms with van der Waals surface area (Å²) in [4.78, 5) is 8.37. The van der Waals surface area contributed by atoms with Gasteiger partial charge in [-0.05, 0) is 18.6 Å². The Morgan fingerprint density at radius 3 is 2.70 bits per heavy atom. The van der Waals surface area contributed by atoms with Crippen LogP contribution in [0.25, 0.3) is 11.4 Å². The lowest BCUT2D eigenvalue weighted by molar-refractivity contribution is 0.385. The van der Waals surface area contributed by atoms with Gasteiger partial charge in [0.25, 0.3) is 0 Å². The molecule has 0 saturated heterocycles. The zero-order chi connectivity index (χ0) is 16.1. The first kappa shape index (κ1) is 15.7. The van der Waals surface area contributed by atoms with Crippen molar-refractivity contribution in [1.29, 1.82) is 0 Å². The number of aryl methyl sites for hydroxylation is 1. The fourth-order valence-electron chi connectivity index (χ4n) is 2.15. The van der Waals surface area contributed by atoms with E-state index in [0.29, 0.717) is 11.6 Å². The molecule has 0 aliphatic heterocycles. The molecule has 0 fully saturated rings. The molecule has 23 heavy (non-hydrogen) atoms. The Hall–Kier alpha value is -2.22. The summed E-state index contributed by atoms with van der Waals surface area (Å²) >= 11 is 1.56. The van der Waals surface area contributed by atoms with Gasteiger partial charge in [-0.15, -0.1) is 10.2 Å². The lowest BCUT2D eigenvalue weighted by Gasteiger charge is -2.07. The van der Waals surface area contributed by atoms with E-state index >= 15 is 0 Å². The fraction of sp³-hybridized carbons (Fsp3) is 0.400. The van der Waals surface area contributed by atoms with Gasteiger partial charge in [0.05, 0.1) is 5.75 Å². The highest BCUT2D eigenvalue weighted by atomic mass is 32.2. The van der Waals surface area contributed by atoms with Gasteiger partial charge in [0, 0.05) is 30.9 Å². The Bertz CT molecular complexity index is 754. The van der Waals surface area contributed by atoms with Gasteiger partial charge in [0.2, 0.25) is 5.89 Å². The monoisotopic (exact) mass is 330 g/mol. The van der Waals surface area contributed by atoms with Gasteiger partial charge in [-0.2, -0.15) is 4.98 Å². The van der Waals surface area contributed by atoms with E-state index in [1.165, 1.54) is 0 Å². The van der Waals surface area contributed by atoms with Crippen molar-refractivity contribution in [3.05, 3.63) is 36.2 Å². The van der Waals surface area contributed by atoms with E-state index in [9.17, 15) is 0 Å². The summed E-state index contributed by atoms with van der Waals surface area (Å²) in [5, 5.41) is 13.4. The van der Waals surface area contributed by atoms with Gasteiger partial charge in [-0.3, -0.25) is 4.98 Å². The molecular weight excluding hydrogens is 312 g/mol. The molecule has 0 spiro atoms. The van der Waals surface area contributed by atoms with Gasteiger partial charge < -0.3 is 9.09 Å². The van der Waals surface area contributed by atoms with Crippen LogP contribution in [-0.4, -0.2) is 29.9 Å². The van der Waals surface area contributed by atoms with Crippen LogP contribution in [0.1, 0.15) is 32.0 Å². The zero-order valence-electron chi connectivity index (χ0n) is 13.1. The molecule has 0 atom stereocenters. The van der Waals surface area contributed by atoms with Gasteiger partial charge in [0.15, 0.2) is 16.8 Å². The van der Waals surface area contributed by atoms with Crippen molar-refractivity contribution in [2.75, 3.05) is 0 Å². The quantitative estimate of drug-likeness (QED) is 0.616. The van der Waals surface area contributed by atoms with Crippen molar-refractivity contribution in [3.8, 4) is 11.4 Å². The summed E-state index contributed by atoms with van der Waals surface area (Å²) < 4.78 is 7.34. The first-order valence-electron chi connectivity index (χ1n) is 7.59. The molecule has 8 heteroatoms. The third kappa shape index (κ3) is 3.58. The molecule has 120 valence electrons. The molecule has 3 aromatic heterocycles. The highest BCUT2D eigenvalue weighted by molar-refractivity contribution is 7.98. The van der Waals surface area contributed by atoms with Crippen LogP contribution in [0.4, 0.5) is 0 Å². The van der Waals surface area contributed by atoms with Crippen molar-refractivity contribution in [2.24, 2.45) is 0 Å². The van der Waals surface area contributed by atoms with E-state index in [4.69, 9.17) is 4.52 Å². The molecule has 0 aliphatic carbocycles. The van der Waals surface area contributed by atoms with Crippen LogP contribution in [0, 0.1) is 0 Å². The Morgan fingerprint density at radius 2 is 2.00 bits per heavy atom. The van der Waals surface area contributed by atoms with E-state index in [1.54, 1.807) is 24.2 Å². The van der Waals surface area contributed by atoms with Crippen LogP contribution in [0.3, 0.4) is 0 Å². The predicted molar refractivity (Wildman–Crippen MR) is 86.8 cm³/mol. The summed E-state index contributed by atoms with van der Waals surface area (Å²) in [6, 6.07) is 3.88. The van der Waals surface area contributed by atoms with Crippen LogP contribution in [0.2, 0.25) is 0 Å². The van der Waals surface area contributed by atoms with Crippen LogP contribution < -0.4 is 0 Å². The molecule has 0 radical (unpaired) electrons. The molecule has 3 aromatic rings. The molecule has 3 rings (SSSR count). The van der Waals surface area contributed by atoms with E-state index in [0.717, 1.165) is 41.8 Å². The average Bonchev–Trinajstić information content (AvgIpc) is 3.21. The number of hydrogen-bond acceptors (Lipinski definition) is 7. The summed E-state index contributed by atoms with van der Waals surface area (Å²) in [6.45, 7) is 4.99. The molecule has 3 heterocycles. The molecule has 7 nitrogen and oxygen atoms in total. The Balaban J connectivity index is 1.80. The number of rotatable bonds is 7. The topological polar surface area (TPSA) is 82.5 Å². The van der Waals surface area contributed by atoms with Crippen LogP contribution >= 0.6 is 11.8 Å². The van der Waals surface area contributed by atoms with Crippen LogP contribution in [0.5, 0.6) is 0 Å². The Labute approximate surface area is 138 Å². The standard InChI is InChI=1S/C15H18N6OS/c1-3-9-21-14(11-5-7-16-8-6-11)18-19-15(21)23-10-13-17-12(4-2)20-22-13/h5-8H,3-4,9-10H2,1-2H3. The summed E-state index contributed by atoms with van der Waals surface area (Å²) in [5.41, 5.74) is 1.01. The van der Waals surface area contributed by atoms with Crippen molar-refractivity contribution in [1.82, 2.24) is 29.9 Å². The second-order valence-electron chi connectivity index (χ2n) is 4.94. The first-order valence-corrected chi connectivity index (χ1v) is 8.58. The molecular formula is C15H18N6OS. The lowest BCUT2D eigenvalue weighted by Crippen LogP contribution is -2.02. The normalized spacial score (nSPS) is 11.0. The van der Waals surface area contributed by atoms with Crippen LogP contribution in [-0.2, 0) is 18.7 Å². The van der Waals surface area contributed by atoms with Gasteiger partial charge in [-0.1, -0.05) is 30.8 Å². The van der Waals surface area contributed by atoms with Crippen molar-refractivity contribution >= 4 is 11.8 Å². The summed E-state index contributed by atoms with van der Waals surface area (Å²) in [6.07, 6.45) is 5.30. The van der Waals surface area contributed by atoms with E-state index < -0.39 is 0 Å². The van der Waals surface area contributed by atoms with Crippen LogP contribution in [0.15, 0.2) is 34.2 Å². The Kier molecular flexibility index (Phi) is 5.02. The molecule has 0 N–H and O–H groups in total. The molecule has 0 aromatic carbocycles. The number of nitrogens with zero attached hydrogens (tertiary/aromatic N) is 6. The molecule has 0 aliphatic rings. The van der Waals surface area contributed by atoms with E-state index in [2.05, 4.69) is 36.8 Å². The second-order valence-corrected chi connectivity index (χ2v) is 5.88. The molecule has 0 amide bonds. The van der Waals surface area contributed by atoms with Crippen molar-refractivity contribution < 1.29 is 4.52 Å². The number of thioether (sulfide) groups is 1. The molecule has 0 saturated carbocycles. The predicted octanol–water partition coefficient (Wildman–Crippen LogP) is 2.99. The van der Waals surface area contributed by atoms with E-state index in [1.807, 2.05) is 19.1 Å². The minimum absolute atomic E-state index is 0.588. The zero-order valence-corrected chi connectivity index (χ0v) is 14.0. The molecule has 0 bridgehead atoms.